The van der Waals surface area contributed by atoms with Crippen molar-refractivity contribution in [1.82, 2.24) is 4.98 Å². The number of hydrogen-bond donors (Lipinski definition) is 1. The Kier molecular flexibility index (Phi) is 4.93. The number of amides is 1. The first-order valence-corrected chi connectivity index (χ1v) is 8.54. The van der Waals surface area contributed by atoms with Crippen LogP contribution in [0.1, 0.15) is 12.0 Å². The molecule has 3 nitrogen and oxygen atoms in total. The molecule has 1 amide bonds. The summed E-state index contributed by atoms with van der Waals surface area (Å²) in [6, 6.07) is 18.1. The fraction of sp³-hybridized carbons (Fsp3) is 0.158. The van der Waals surface area contributed by atoms with E-state index in [-0.39, 0.29) is 5.91 Å². The molecule has 0 radical (unpaired) electrons. The van der Waals surface area contributed by atoms with Crippen LogP contribution in [0.5, 0.6) is 0 Å². The van der Waals surface area contributed by atoms with Crippen molar-refractivity contribution in [3.8, 4) is 0 Å². The van der Waals surface area contributed by atoms with Gasteiger partial charge in [-0.15, -0.1) is 11.8 Å². The van der Waals surface area contributed by atoms with Crippen LogP contribution in [0.15, 0.2) is 65.7 Å². The molecule has 0 atom stereocenters. The van der Waals surface area contributed by atoms with Gasteiger partial charge in [0, 0.05) is 28.7 Å². The fourth-order valence-corrected chi connectivity index (χ4v) is 3.17. The van der Waals surface area contributed by atoms with Crippen molar-refractivity contribution in [3.05, 3.63) is 66.4 Å². The van der Waals surface area contributed by atoms with E-state index >= 15 is 0 Å². The molecule has 23 heavy (non-hydrogen) atoms. The normalized spacial score (nSPS) is 10.7. The van der Waals surface area contributed by atoms with Gasteiger partial charge >= 0.3 is 0 Å². The number of thioether (sulfide) groups is 1. The molecular weight excluding hydrogens is 304 g/mol. The molecule has 0 saturated heterocycles. The zero-order valence-electron chi connectivity index (χ0n) is 13.0. The van der Waals surface area contributed by atoms with Crippen LogP contribution in [0.3, 0.4) is 0 Å². The van der Waals surface area contributed by atoms with E-state index in [1.54, 1.807) is 18.0 Å². The van der Waals surface area contributed by atoms with Crippen LogP contribution in [0, 0.1) is 6.92 Å². The van der Waals surface area contributed by atoms with Crippen LogP contribution in [0.4, 0.5) is 5.69 Å². The van der Waals surface area contributed by atoms with E-state index in [1.807, 2.05) is 30.3 Å². The molecule has 0 bridgehead atoms. The molecule has 0 saturated carbocycles. The van der Waals surface area contributed by atoms with E-state index in [0.29, 0.717) is 6.42 Å². The van der Waals surface area contributed by atoms with Crippen molar-refractivity contribution in [3.63, 3.8) is 0 Å². The number of pyridine rings is 1. The molecule has 1 N–H and O–H groups in total. The molecule has 0 spiro atoms. The third-order valence-electron chi connectivity index (χ3n) is 3.53. The zero-order chi connectivity index (χ0) is 16.1. The van der Waals surface area contributed by atoms with E-state index in [2.05, 4.69) is 41.5 Å². The van der Waals surface area contributed by atoms with E-state index in [9.17, 15) is 4.79 Å². The number of carbonyl (C=O) groups excluding carboxylic acids is 1. The van der Waals surface area contributed by atoms with Gasteiger partial charge in [0.25, 0.3) is 0 Å². The number of rotatable bonds is 5. The molecule has 0 aliphatic heterocycles. The number of hydrogen-bond acceptors (Lipinski definition) is 3. The van der Waals surface area contributed by atoms with E-state index in [1.165, 1.54) is 10.5 Å². The van der Waals surface area contributed by atoms with E-state index in [0.717, 1.165) is 22.3 Å². The zero-order valence-corrected chi connectivity index (χ0v) is 13.8. The number of aryl methyl sites for hydroxylation is 1. The van der Waals surface area contributed by atoms with Crippen LogP contribution >= 0.6 is 11.8 Å². The second kappa shape index (κ2) is 7.29. The molecule has 3 aromatic rings. The summed E-state index contributed by atoms with van der Waals surface area (Å²) < 4.78 is 0. The van der Waals surface area contributed by atoms with Crippen LogP contribution in [-0.2, 0) is 4.79 Å². The van der Waals surface area contributed by atoms with Crippen LogP contribution in [0.25, 0.3) is 10.9 Å². The lowest BCUT2D eigenvalue weighted by molar-refractivity contribution is -0.115. The molecule has 1 heterocycles. The smallest absolute Gasteiger partial charge is 0.225 e. The Morgan fingerprint density at radius 1 is 1.09 bits per heavy atom. The van der Waals surface area contributed by atoms with Gasteiger partial charge in [-0.1, -0.05) is 35.9 Å². The third kappa shape index (κ3) is 4.11. The average Bonchev–Trinajstić information content (AvgIpc) is 2.57. The standard InChI is InChI=1S/C19H18N2OS/c1-14-7-9-16(10-8-14)23-13-11-18(22)21-17-6-2-4-15-5-3-12-20-19(15)17/h2-10,12H,11,13H2,1H3,(H,21,22). The summed E-state index contributed by atoms with van der Waals surface area (Å²) in [5, 5.41) is 3.99. The Morgan fingerprint density at radius 3 is 2.70 bits per heavy atom. The van der Waals surface area contributed by atoms with Crippen molar-refractivity contribution >= 4 is 34.3 Å². The minimum atomic E-state index is 0.0164. The quantitative estimate of drug-likeness (QED) is 0.694. The Hall–Kier alpha value is -2.33. The molecular formula is C19H18N2OS. The van der Waals surface area contributed by atoms with Crippen LogP contribution in [-0.4, -0.2) is 16.6 Å². The number of carbonyl (C=O) groups is 1. The summed E-state index contributed by atoms with van der Waals surface area (Å²) in [6.45, 7) is 2.07. The van der Waals surface area contributed by atoms with Crippen LogP contribution in [0.2, 0.25) is 0 Å². The molecule has 0 unspecified atom stereocenters. The lowest BCUT2D eigenvalue weighted by atomic mass is 10.2. The molecule has 116 valence electrons. The first-order valence-electron chi connectivity index (χ1n) is 7.55. The number of fused-ring (bicyclic) bond motifs is 1. The van der Waals surface area contributed by atoms with Gasteiger partial charge in [0.1, 0.15) is 0 Å². The summed E-state index contributed by atoms with van der Waals surface area (Å²) >= 11 is 1.70. The molecule has 0 aliphatic rings. The maximum Gasteiger partial charge on any atom is 0.225 e. The van der Waals surface area contributed by atoms with Gasteiger partial charge in [0.2, 0.25) is 5.91 Å². The third-order valence-corrected chi connectivity index (χ3v) is 4.54. The van der Waals surface area contributed by atoms with Gasteiger partial charge < -0.3 is 5.32 Å². The Morgan fingerprint density at radius 2 is 1.87 bits per heavy atom. The highest BCUT2D eigenvalue weighted by Crippen LogP contribution is 2.22. The lowest BCUT2D eigenvalue weighted by Gasteiger charge is -2.08. The van der Waals surface area contributed by atoms with Crippen molar-refractivity contribution in [2.24, 2.45) is 0 Å². The van der Waals surface area contributed by atoms with E-state index in [4.69, 9.17) is 0 Å². The largest absolute Gasteiger partial charge is 0.324 e. The average molecular weight is 322 g/mol. The summed E-state index contributed by atoms with van der Waals surface area (Å²) in [5.41, 5.74) is 2.85. The maximum absolute atomic E-state index is 12.1. The number of nitrogens with one attached hydrogen (secondary N) is 1. The van der Waals surface area contributed by atoms with Crippen molar-refractivity contribution in [2.75, 3.05) is 11.1 Å². The Bertz CT molecular complexity index is 810. The predicted octanol–water partition coefficient (Wildman–Crippen LogP) is 4.66. The highest BCUT2D eigenvalue weighted by atomic mass is 32.2. The van der Waals surface area contributed by atoms with Gasteiger partial charge in [-0.05, 0) is 31.2 Å². The predicted molar refractivity (Wildman–Crippen MR) is 96.9 cm³/mol. The fourth-order valence-electron chi connectivity index (χ4n) is 2.31. The number of nitrogens with zero attached hydrogens (tertiary/aromatic N) is 1. The molecule has 0 aliphatic carbocycles. The second-order valence-electron chi connectivity index (χ2n) is 5.34. The number of para-hydroxylation sites is 1. The van der Waals surface area contributed by atoms with Gasteiger partial charge in [-0.25, -0.2) is 0 Å². The lowest BCUT2D eigenvalue weighted by Crippen LogP contribution is -2.12. The first kappa shape index (κ1) is 15.6. The van der Waals surface area contributed by atoms with E-state index < -0.39 is 0 Å². The van der Waals surface area contributed by atoms with Crippen molar-refractivity contribution in [1.29, 1.82) is 0 Å². The molecule has 1 aromatic heterocycles. The Balaban J connectivity index is 1.57. The maximum atomic E-state index is 12.1. The first-order chi connectivity index (χ1) is 11.2. The number of benzene rings is 2. The second-order valence-corrected chi connectivity index (χ2v) is 6.51. The van der Waals surface area contributed by atoms with Gasteiger partial charge in [-0.3, -0.25) is 9.78 Å². The van der Waals surface area contributed by atoms with Gasteiger partial charge in [0.15, 0.2) is 0 Å². The van der Waals surface area contributed by atoms with Gasteiger partial charge in [0.05, 0.1) is 11.2 Å². The molecule has 0 fully saturated rings. The summed E-state index contributed by atoms with van der Waals surface area (Å²) in [4.78, 5) is 17.7. The Labute approximate surface area is 140 Å². The highest BCUT2D eigenvalue weighted by Gasteiger charge is 2.06. The monoisotopic (exact) mass is 322 g/mol. The van der Waals surface area contributed by atoms with Gasteiger partial charge in [-0.2, -0.15) is 0 Å². The summed E-state index contributed by atoms with van der Waals surface area (Å²) in [5.74, 6) is 0.773. The minimum Gasteiger partial charge on any atom is -0.324 e. The van der Waals surface area contributed by atoms with Crippen molar-refractivity contribution in [2.45, 2.75) is 18.2 Å². The minimum absolute atomic E-state index is 0.0164. The summed E-state index contributed by atoms with van der Waals surface area (Å²) in [7, 11) is 0. The number of anilines is 1. The topological polar surface area (TPSA) is 42.0 Å². The van der Waals surface area contributed by atoms with Crippen LogP contribution < -0.4 is 5.32 Å². The summed E-state index contributed by atoms with van der Waals surface area (Å²) in [6.07, 6.45) is 2.22. The molecule has 3 rings (SSSR count). The number of aromatic nitrogens is 1. The molecule has 4 heteroatoms. The van der Waals surface area contributed by atoms with Crippen molar-refractivity contribution < 1.29 is 4.79 Å². The molecule has 2 aromatic carbocycles. The SMILES string of the molecule is Cc1ccc(SCCC(=O)Nc2cccc3cccnc23)cc1. The highest BCUT2D eigenvalue weighted by molar-refractivity contribution is 7.99.